The molecule has 0 saturated carbocycles. The van der Waals surface area contributed by atoms with Gasteiger partial charge in [-0.2, -0.15) is 0 Å². The van der Waals surface area contributed by atoms with Gasteiger partial charge in [0.2, 0.25) is 0 Å². The lowest BCUT2D eigenvalue weighted by Crippen LogP contribution is -2.20. The summed E-state index contributed by atoms with van der Waals surface area (Å²) in [5.74, 6) is 0.777. The van der Waals surface area contributed by atoms with Gasteiger partial charge in [0, 0.05) is 12.5 Å². The second-order valence-electron chi connectivity index (χ2n) is 3.94. The molecule has 1 aliphatic carbocycles. The highest BCUT2D eigenvalue weighted by Gasteiger charge is 2.18. The van der Waals surface area contributed by atoms with Crippen molar-refractivity contribution in [2.24, 2.45) is 5.92 Å². The van der Waals surface area contributed by atoms with Gasteiger partial charge in [0.15, 0.2) is 0 Å². The zero-order chi connectivity index (χ0) is 8.23. The second kappa shape index (κ2) is 4.08. The summed E-state index contributed by atoms with van der Waals surface area (Å²) in [7, 11) is 0. The molecule has 0 aromatic heterocycles. The number of ether oxygens (including phenoxy) is 1. The maximum Gasteiger partial charge on any atom is 0.0531 e. The molecule has 1 fully saturated rings. The van der Waals surface area contributed by atoms with E-state index in [1.807, 2.05) is 0 Å². The standard InChI is InChI=1S/C11H18O/c1-2-5-10(6-3-1)11-7-4-8-12-9-11/h5,11H,1-4,6-9H2. The highest BCUT2D eigenvalue weighted by atomic mass is 16.5. The Morgan fingerprint density at radius 1 is 1.25 bits per heavy atom. The SMILES string of the molecule is C1=C(C2CCCOC2)CCCC1. The molecule has 0 aromatic rings. The van der Waals surface area contributed by atoms with Crippen LogP contribution in [0.2, 0.25) is 0 Å². The fourth-order valence-corrected chi connectivity index (χ4v) is 2.27. The smallest absolute Gasteiger partial charge is 0.0531 e. The molecule has 0 aromatic carbocycles. The molecule has 1 saturated heterocycles. The van der Waals surface area contributed by atoms with Crippen molar-refractivity contribution in [1.82, 2.24) is 0 Å². The van der Waals surface area contributed by atoms with Crippen molar-refractivity contribution in [1.29, 1.82) is 0 Å². The van der Waals surface area contributed by atoms with Gasteiger partial charge in [-0.05, 0) is 38.5 Å². The molecular weight excluding hydrogens is 148 g/mol. The summed E-state index contributed by atoms with van der Waals surface area (Å²) >= 11 is 0. The summed E-state index contributed by atoms with van der Waals surface area (Å²) in [5, 5.41) is 0. The summed E-state index contributed by atoms with van der Waals surface area (Å²) < 4.78 is 5.49. The molecule has 1 unspecified atom stereocenters. The fraction of sp³-hybridized carbons (Fsp3) is 0.818. The average molecular weight is 166 g/mol. The van der Waals surface area contributed by atoms with E-state index < -0.39 is 0 Å². The van der Waals surface area contributed by atoms with Gasteiger partial charge >= 0.3 is 0 Å². The Morgan fingerprint density at radius 3 is 2.92 bits per heavy atom. The summed E-state index contributed by atoms with van der Waals surface area (Å²) in [4.78, 5) is 0. The van der Waals surface area contributed by atoms with E-state index in [0.29, 0.717) is 0 Å². The summed E-state index contributed by atoms with van der Waals surface area (Å²) in [5.41, 5.74) is 1.70. The van der Waals surface area contributed by atoms with Crippen molar-refractivity contribution in [2.75, 3.05) is 13.2 Å². The number of hydrogen-bond acceptors (Lipinski definition) is 1. The molecule has 0 amide bonds. The van der Waals surface area contributed by atoms with Gasteiger partial charge in [0.1, 0.15) is 0 Å². The molecule has 0 spiro atoms. The van der Waals surface area contributed by atoms with Crippen LogP contribution in [-0.4, -0.2) is 13.2 Å². The van der Waals surface area contributed by atoms with Crippen molar-refractivity contribution < 1.29 is 4.74 Å². The summed E-state index contributed by atoms with van der Waals surface area (Å²) in [6.45, 7) is 1.98. The lowest BCUT2D eigenvalue weighted by Gasteiger charge is -2.26. The largest absolute Gasteiger partial charge is 0.381 e. The molecule has 2 rings (SSSR count). The van der Waals surface area contributed by atoms with E-state index in [9.17, 15) is 0 Å². The van der Waals surface area contributed by atoms with Crippen LogP contribution in [0.4, 0.5) is 0 Å². The highest BCUT2D eigenvalue weighted by Crippen LogP contribution is 2.29. The summed E-state index contributed by atoms with van der Waals surface area (Å²) in [6, 6.07) is 0. The van der Waals surface area contributed by atoms with E-state index in [1.54, 1.807) is 5.57 Å². The third-order valence-corrected chi connectivity index (χ3v) is 3.01. The molecule has 1 atom stereocenters. The van der Waals surface area contributed by atoms with Crippen molar-refractivity contribution in [3.05, 3.63) is 11.6 Å². The minimum atomic E-state index is 0.777. The normalized spacial score (nSPS) is 31.3. The molecule has 1 nitrogen and oxygen atoms in total. The minimum Gasteiger partial charge on any atom is -0.381 e. The molecule has 0 radical (unpaired) electrons. The zero-order valence-electron chi connectivity index (χ0n) is 7.72. The molecule has 1 heterocycles. The Kier molecular flexibility index (Phi) is 2.83. The van der Waals surface area contributed by atoms with Crippen LogP contribution in [0, 0.1) is 5.92 Å². The molecule has 1 aliphatic heterocycles. The van der Waals surface area contributed by atoms with E-state index in [1.165, 1.54) is 38.5 Å². The molecule has 68 valence electrons. The van der Waals surface area contributed by atoms with Gasteiger partial charge in [-0.15, -0.1) is 0 Å². The first-order valence-corrected chi connectivity index (χ1v) is 5.23. The minimum absolute atomic E-state index is 0.777. The molecule has 1 heteroatoms. The van der Waals surface area contributed by atoms with Crippen molar-refractivity contribution in [3.63, 3.8) is 0 Å². The Labute approximate surface area is 74.8 Å². The third-order valence-electron chi connectivity index (χ3n) is 3.01. The van der Waals surface area contributed by atoms with E-state index in [0.717, 1.165) is 19.1 Å². The van der Waals surface area contributed by atoms with Crippen LogP contribution in [-0.2, 0) is 4.74 Å². The Bertz CT molecular complexity index is 166. The quantitative estimate of drug-likeness (QED) is 0.544. The number of hydrogen-bond donors (Lipinski definition) is 0. The lowest BCUT2D eigenvalue weighted by molar-refractivity contribution is 0.0656. The first kappa shape index (κ1) is 8.31. The Morgan fingerprint density at radius 2 is 2.25 bits per heavy atom. The van der Waals surface area contributed by atoms with Gasteiger partial charge in [0.25, 0.3) is 0 Å². The number of rotatable bonds is 1. The molecule has 0 N–H and O–H groups in total. The van der Waals surface area contributed by atoms with Crippen LogP contribution in [0.15, 0.2) is 11.6 Å². The van der Waals surface area contributed by atoms with Gasteiger partial charge < -0.3 is 4.74 Å². The molecule has 2 aliphatic rings. The van der Waals surface area contributed by atoms with E-state index >= 15 is 0 Å². The van der Waals surface area contributed by atoms with Crippen molar-refractivity contribution >= 4 is 0 Å². The number of allylic oxidation sites excluding steroid dienone is 1. The Hall–Kier alpha value is -0.300. The first-order valence-electron chi connectivity index (χ1n) is 5.23. The van der Waals surface area contributed by atoms with Crippen molar-refractivity contribution in [3.8, 4) is 0 Å². The van der Waals surface area contributed by atoms with Crippen LogP contribution >= 0.6 is 0 Å². The topological polar surface area (TPSA) is 9.23 Å². The van der Waals surface area contributed by atoms with Crippen LogP contribution in [0.5, 0.6) is 0 Å². The Balaban J connectivity index is 1.92. The monoisotopic (exact) mass is 166 g/mol. The maximum absolute atomic E-state index is 5.49. The van der Waals surface area contributed by atoms with E-state index in [-0.39, 0.29) is 0 Å². The van der Waals surface area contributed by atoms with E-state index in [4.69, 9.17) is 4.74 Å². The molecule has 12 heavy (non-hydrogen) atoms. The average Bonchev–Trinajstić information content (AvgIpc) is 2.21. The van der Waals surface area contributed by atoms with Crippen molar-refractivity contribution in [2.45, 2.75) is 38.5 Å². The highest BCUT2D eigenvalue weighted by molar-refractivity contribution is 5.09. The van der Waals surface area contributed by atoms with Crippen LogP contribution in [0.3, 0.4) is 0 Å². The van der Waals surface area contributed by atoms with Gasteiger partial charge in [-0.1, -0.05) is 11.6 Å². The first-order chi connectivity index (χ1) is 5.97. The molecule has 0 bridgehead atoms. The predicted octanol–water partition coefficient (Wildman–Crippen LogP) is 2.91. The second-order valence-corrected chi connectivity index (χ2v) is 3.94. The third kappa shape index (κ3) is 1.89. The van der Waals surface area contributed by atoms with Crippen LogP contribution in [0.1, 0.15) is 38.5 Å². The van der Waals surface area contributed by atoms with Crippen LogP contribution < -0.4 is 0 Å². The summed E-state index contributed by atoms with van der Waals surface area (Å²) in [6.07, 6.45) is 10.6. The van der Waals surface area contributed by atoms with Crippen LogP contribution in [0.25, 0.3) is 0 Å². The molecular formula is C11H18O. The predicted molar refractivity (Wildman–Crippen MR) is 50.1 cm³/mol. The van der Waals surface area contributed by atoms with Gasteiger partial charge in [0.05, 0.1) is 6.61 Å². The maximum atomic E-state index is 5.49. The fourth-order valence-electron chi connectivity index (χ4n) is 2.27. The van der Waals surface area contributed by atoms with Gasteiger partial charge in [-0.25, -0.2) is 0 Å². The zero-order valence-corrected chi connectivity index (χ0v) is 7.72. The van der Waals surface area contributed by atoms with Gasteiger partial charge in [-0.3, -0.25) is 0 Å². The van der Waals surface area contributed by atoms with E-state index in [2.05, 4.69) is 6.08 Å². The lowest BCUT2D eigenvalue weighted by atomic mass is 9.86.